The lowest BCUT2D eigenvalue weighted by molar-refractivity contribution is -0.136. The zero-order valence-electron chi connectivity index (χ0n) is 16.8. The molecule has 0 aromatic heterocycles. The molecule has 0 bridgehead atoms. The molecule has 2 N–H and O–H groups in total. The van der Waals surface area contributed by atoms with E-state index in [1.54, 1.807) is 0 Å². The summed E-state index contributed by atoms with van der Waals surface area (Å²) in [5.74, 6) is 0.402. The van der Waals surface area contributed by atoms with Gasteiger partial charge in [0.1, 0.15) is 0 Å². The number of hydrogen-bond acceptors (Lipinski definition) is 2. The van der Waals surface area contributed by atoms with E-state index in [-0.39, 0.29) is 23.9 Å². The lowest BCUT2D eigenvalue weighted by Crippen LogP contribution is -2.48. The first-order valence-electron chi connectivity index (χ1n) is 9.79. The van der Waals surface area contributed by atoms with Gasteiger partial charge in [-0.15, -0.1) is 0 Å². The summed E-state index contributed by atoms with van der Waals surface area (Å²) in [5, 5.41) is 6.06. The van der Waals surface area contributed by atoms with Crippen LogP contribution in [-0.2, 0) is 4.79 Å². The van der Waals surface area contributed by atoms with Gasteiger partial charge in [-0.2, -0.15) is 0 Å². The normalized spacial score (nSPS) is 15.2. The Labute approximate surface area is 157 Å². The third kappa shape index (κ3) is 4.99. The Balaban J connectivity index is 1.86. The third-order valence-electron chi connectivity index (χ3n) is 5.39. The van der Waals surface area contributed by atoms with Gasteiger partial charge in [0.2, 0.25) is 5.91 Å². The number of amides is 3. The maximum Gasteiger partial charge on any atom is 0.319 e. The maximum absolute atomic E-state index is 12.5. The van der Waals surface area contributed by atoms with Crippen LogP contribution in [0.15, 0.2) is 12.1 Å². The topological polar surface area (TPSA) is 61.4 Å². The number of urea groups is 1. The quantitative estimate of drug-likeness (QED) is 0.829. The third-order valence-corrected chi connectivity index (χ3v) is 5.39. The van der Waals surface area contributed by atoms with Gasteiger partial charge in [-0.3, -0.25) is 4.79 Å². The summed E-state index contributed by atoms with van der Waals surface area (Å²) in [6, 6.07) is 4.10. The number of likely N-dealkylation sites (tertiary alicyclic amines) is 1. The van der Waals surface area contributed by atoms with Gasteiger partial charge in [-0.05, 0) is 57.6 Å². The van der Waals surface area contributed by atoms with Crippen LogP contribution in [0.2, 0.25) is 0 Å². The number of carbonyl (C=O) groups excluding carboxylic acids is 2. The molecule has 1 heterocycles. The Morgan fingerprint density at radius 3 is 2.12 bits per heavy atom. The molecule has 0 spiro atoms. The van der Waals surface area contributed by atoms with Gasteiger partial charge in [0, 0.05) is 30.7 Å². The predicted octanol–water partition coefficient (Wildman–Crippen LogP) is 4.16. The predicted molar refractivity (Wildman–Crippen MR) is 106 cm³/mol. The van der Waals surface area contributed by atoms with Crippen molar-refractivity contribution in [3.05, 3.63) is 28.8 Å². The van der Waals surface area contributed by atoms with Crippen LogP contribution in [0.5, 0.6) is 0 Å². The number of aryl methyl sites for hydroxylation is 3. The molecule has 5 heteroatoms. The van der Waals surface area contributed by atoms with Gasteiger partial charge in [-0.1, -0.05) is 31.5 Å². The monoisotopic (exact) mass is 359 g/mol. The molecule has 0 unspecified atom stereocenters. The lowest BCUT2D eigenvalue weighted by atomic mass is 9.98. The summed E-state index contributed by atoms with van der Waals surface area (Å²) in [6.07, 6.45) is 3.41. The van der Waals surface area contributed by atoms with Crippen molar-refractivity contribution in [1.29, 1.82) is 0 Å². The largest absolute Gasteiger partial charge is 0.342 e. The van der Waals surface area contributed by atoms with E-state index < -0.39 is 0 Å². The van der Waals surface area contributed by atoms with E-state index in [1.165, 1.54) is 5.56 Å². The molecule has 1 fully saturated rings. The maximum atomic E-state index is 12.5. The van der Waals surface area contributed by atoms with E-state index in [9.17, 15) is 9.59 Å². The number of benzene rings is 1. The summed E-state index contributed by atoms with van der Waals surface area (Å²) in [5.41, 5.74) is 4.22. The van der Waals surface area contributed by atoms with Crippen LogP contribution in [0.25, 0.3) is 0 Å². The Bertz CT molecular complexity index is 622. The van der Waals surface area contributed by atoms with Crippen LogP contribution >= 0.6 is 0 Å². The van der Waals surface area contributed by atoms with Crippen LogP contribution in [0.4, 0.5) is 10.5 Å². The molecule has 1 aliphatic heterocycles. The zero-order valence-corrected chi connectivity index (χ0v) is 16.8. The number of piperidine rings is 1. The van der Waals surface area contributed by atoms with Gasteiger partial charge in [0.05, 0.1) is 0 Å². The molecule has 0 aliphatic carbocycles. The summed E-state index contributed by atoms with van der Waals surface area (Å²) in [7, 11) is 0. The van der Waals surface area contributed by atoms with Crippen LogP contribution in [0.1, 0.15) is 56.2 Å². The highest BCUT2D eigenvalue weighted by Gasteiger charge is 2.27. The second-order valence-electron chi connectivity index (χ2n) is 7.49. The molecule has 26 heavy (non-hydrogen) atoms. The standard InChI is InChI=1S/C21H33N3O2/c1-6-17(7-2)20(25)24-10-8-18(9-11-24)22-21(26)23-19-15(4)12-14(3)13-16(19)5/h12-13,17-18H,6-11H2,1-5H3,(H2,22,23,26). The molecule has 1 saturated heterocycles. The van der Waals surface area contributed by atoms with Crippen molar-refractivity contribution in [1.82, 2.24) is 10.2 Å². The minimum absolute atomic E-state index is 0.117. The van der Waals surface area contributed by atoms with E-state index in [0.717, 1.165) is 55.6 Å². The summed E-state index contributed by atoms with van der Waals surface area (Å²) in [4.78, 5) is 26.8. The first-order chi connectivity index (χ1) is 12.3. The number of hydrogen-bond donors (Lipinski definition) is 2. The van der Waals surface area contributed by atoms with E-state index in [0.29, 0.717) is 0 Å². The van der Waals surface area contributed by atoms with E-state index in [2.05, 4.69) is 43.5 Å². The van der Waals surface area contributed by atoms with Crippen molar-refractivity contribution in [2.24, 2.45) is 5.92 Å². The lowest BCUT2D eigenvalue weighted by Gasteiger charge is -2.34. The molecule has 2 rings (SSSR count). The minimum atomic E-state index is -0.162. The van der Waals surface area contributed by atoms with Crippen LogP contribution < -0.4 is 10.6 Å². The smallest absolute Gasteiger partial charge is 0.319 e. The first kappa shape index (κ1) is 20.3. The highest BCUT2D eigenvalue weighted by Crippen LogP contribution is 2.22. The SMILES string of the molecule is CCC(CC)C(=O)N1CCC(NC(=O)Nc2c(C)cc(C)cc2C)CC1. The minimum Gasteiger partial charge on any atom is -0.342 e. The molecule has 1 aliphatic rings. The molecule has 144 valence electrons. The summed E-state index contributed by atoms with van der Waals surface area (Å²) >= 11 is 0. The van der Waals surface area contributed by atoms with Crippen molar-refractivity contribution < 1.29 is 9.59 Å². The van der Waals surface area contributed by atoms with Crippen LogP contribution in [0.3, 0.4) is 0 Å². The van der Waals surface area contributed by atoms with Crippen molar-refractivity contribution in [3.63, 3.8) is 0 Å². The molecule has 5 nitrogen and oxygen atoms in total. The van der Waals surface area contributed by atoms with Gasteiger partial charge in [0.25, 0.3) is 0 Å². The molecule has 3 amide bonds. The molecule has 0 atom stereocenters. The van der Waals surface area contributed by atoms with Gasteiger partial charge in [0.15, 0.2) is 0 Å². The number of carbonyl (C=O) groups is 2. The fourth-order valence-corrected chi connectivity index (χ4v) is 3.85. The number of nitrogens with zero attached hydrogens (tertiary/aromatic N) is 1. The zero-order chi connectivity index (χ0) is 19.3. The molecule has 0 saturated carbocycles. The van der Waals surface area contributed by atoms with Gasteiger partial charge in [-0.25, -0.2) is 4.79 Å². The molecule has 1 aromatic rings. The molecule has 0 radical (unpaired) electrons. The second-order valence-corrected chi connectivity index (χ2v) is 7.49. The van der Waals surface area contributed by atoms with Gasteiger partial charge < -0.3 is 15.5 Å². The number of anilines is 1. The van der Waals surface area contributed by atoms with Crippen molar-refractivity contribution in [3.8, 4) is 0 Å². The summed E-state index contributed by atoms with van der Waals surface area (Å²) in [6.45, 7) is 11.7. The Hall–Kier alpha value is -2.04. The van der Waals surface area contributed by atoms with E-state index in [4.69, 9.17) is 0 Å². The fourth-order valence-electron chi connectivity index (χ4n) is 3.85. The van der Waals surface area contributed by atoms with E-state index >= 15 is 0 Å². The average molecular weight is 360 g/mol. The average Bonchev–Trinajstić information content (AvgIpc) is 2.59. The van der Waals surface area contributed by atoms with Gasteiger partial charge >= 0.3 is 6.03 Å². The summed E-state index contributed by atoms with van der Waals surface area (Å²) < 4.78 is 0. The number of nitrogens with one attached hydrogen (secondary N) is 2. The van der Waals surface area contributed by atoms with Crippen molar-refractivity contribution in [2.45, 2.75) is 66.3 Å². The Morgan fingerprint density at radius 1 is 1.08 bits per heavy atom. The second kappa shape index (κ2) is 9.06. The van der Waals surface area contributed by atoms with E-state index in [1.807, 2.05) is 18.7 Å². The highest BCUT2D eigenvalue weighted by molar-refractivity contribution is 5.91. The molecule has 1 aromatic carbocycles. The van der Waals surface area contributed by atoms with Crippen molar-refractivity contribution in [2.75, 3.05) is 18.4 Å². The fraction of sp³-hybridized carbons (Fsp3) is 0.619. The Kier molecular flexibility index (Phi) is 7.06. The first-order valence-corrected chi connectivity index (χ1v) is 9.79. The molecular weight excluding hydrogens is 326 g/mol. The molecular formula is C21H33N3O2. The van der Waals surface area contributed by atoms with Crippen LogP contribution in [-0.4, -0.2) is 36.0 Å². The van der Waals surface area contributed by atoms with Crippen LogP contribution in [0, 0.1) is 26.7 Å². The number of rotatable bonds is 5. The Morgan fingerprint density at radius 2 is 1.62 bits per heavy atom. The highest BCUT2D eigenvalue weighted by atomic mass is 16.2. The van der Waals surface area contributed by atoms with Crippen molar-refractivity contribution >= 4 is 17.6 Å².